The van der Waals surface area contributed by atoms with Crippen LogP contribution >= 0.6 is 0 Å². The molecule has 2 aromatic carbocycles. The van der Waals surface area contributed by atoms with Gasteiger partial charge in [0.15, 0.2) is 0 Å². The molecule has 9 heteroatoms. The van der Waals surface area contributed by atoms with E-state index in [4.69, 9.17) is 4.74 Å². The summed E-state index contributed by atoms with van der Waals surface area (Å²) in [5.74, 6) is -3.54. The summed E-state index contributed by atoms with van der Waals surface area (Å²) in [5, 5.41) is 19.2. The lowest BCUT2D eigenvalue weighted by molar-refractivity contribution is -0.191. The van der Waals surface area contributed by atoms with E-state index in [2.05, 4.69) is 0 Å². The van der Waals surface area contributed by atoms with Crippen molar-refractivity contribution in [2.45, 2.75) is 37.1 Å². The van der Waals surface area contributed by atoms with Crippen molar-refractivity contribution in [2.75, 3.05) is 26.2 Å². The zero-order valence-corrected chi connectivity index (χ0v) is 19.2. The quantitative estimate of drug-likeness (QED) is 0.500. The Hall–Kier alpha value is -3.30. The van der Waals surface area contributed by atoms with Gasteiger partial charge in [-0.1, -0.05) is 24.3 Å². The van der Waals surface area contributed by atoms with Crippen molar-refractivity contribution in [3.05, 3.63) is 54.1 Å². The van der Waals surface area contributed by atoms with Crippen molar-refractivity contribution < 1.29 is 33.7 Å². The van der Waals surface area contributed by atoms with Gasteiger partial charge >= 0.3 is 5.97 Å². The fourth-order valence-electron chi connectivity index (χ4n) is 4.53. The number of amides is 2. The van der Waals surface area contributed by atoms with Crippen LogP contribution in [0.15, 0.2) is 48.5 Å². The summed E-state index contributed by atoms with van der Waals surface area (Å²) >= 11 is 0. The molecule has 0 atom stereocenters. The van der Waals surface area contributed by atoms with Crippen LogP contribution in [0, 0.1) is 5.92 Å². The third-order valence-electron chi connectivity index (χ3n) is 6.95. The zero-order chi connectivity index (χ0) is 24.8. The van der Waals surface area contributed by atoms with E-state index in [0.717, 1.165) is 11.1 Å². The Morgan fingerprint density at radius 3 is 2.11 bits per heavy atom. The molecule has 3 fully saturated rings. The van der Waals surface area contributed by atoms with E-state index in [9.17, 15) is 29.0 Å². The number of alkyl halides is 1. The number of hydrogen-bond acceptors (Lipinski definition) is 6. The molecular formula is C26H27FN2O6. The molecule has 2 aliphatic carbocycles. The molecule has 2 saturated carbocycles. The highest BCUT2D eigenvalue weighted by atomic mass is 19.2. The zero-order valence-electron chi connectivity index (χ0n) is 19.2. The summed E-state index contributed by atoms with van der Waals surface area (Å²) in [6.07, 6.45) is 0.502. The molecule has 2 amide bonds. The molecule has 0 unspecified atom stereocenters. The number of benzene rings is 2. The van der Waals surface area contributed by atoms with Crippen LogP contribution < -0.4 is 4.74 Å². The fourth-order valence-corrected chi connectivity index (χ4v) is 4.53. The van der Waals surface area contributed by atoms with E-state index in [1.807, 2.05) is 18.2 Å². The van der Waals surface area contributed by atoms with E-state index in [1.54, 1.807) is 40.1 Å². The van der Waals surface area contributed by atoms with Crippen LogP contribution in [0.4, 0.5) is 4.39 Å². The molecular weight excluding hydrogens is 455 g/mol. The van der Waals surface area contributed by atoms with Gasteiger partial charge < -0.3 is 24.7 Å². The van der Waals surface area contributed by atoms with Gasteiger partial charge in [0.2, 0.25) is 5.85 Å². The number of carbonyl (C=O) groups is 3. The molecule has 3 aliphatic rings. The number of rotatable bonds is 5. The number of nitrogens with zero attached hydrogens (tertiary/aromatic N) is 2. The molecule has 35 heavy (non-hydrogen) atoms. The van der Waals surface area contributed by atoms with Gasteiger partial charge in [0, 0.05) is 44.6 Å². The molecule has 2 N–H and O–H groups in total. The lowest BCUT2D eigenvalue weighted by Gasteiger charge is -2.35. The highest BCUT2D eigenvalue weighted by Crippen LogP contribution is 2.40. The third-order valence-corrected chi connectivity index (χ3v) is 6.95. The van der Waals surface area contributed by atoms with E-state index in [1.165, 1.54) is 0 Å². The van der Waals surface area contributed by atoms with Crippen LogP contribution in [0.2, 0.25) is 0 Å². The number of carbonyl (C=O) groups excluding carboxylic acids is 3. The lowest BCUT2D eigenvalue weighted by atomic mass is 9.80. The van der Waals surface area contributed by atoms with Crippen LogP contribution in [0.1, 0.15) is 36.0 Å². The third kappa shape index (κ3) is 4.92. The normalized spacial score (nSPS) is 24.9. The SMILES string of the molecule is O=C(Oc1cccc(-c2ccc(C(=O)N3CCN(C(=O)C4(O)CC4)CC3)cc2)c1)C1CC(O)(F)C1. The first-order valence-corrected chi connectivity index (χ1v) is 11.8. The predicted molar refractivity (Wildman–Crippen MR) is 123 cm³/mol. The second-order valence-electron chi connectivity index (χ2n) is 9.67. The van der Waals surface area contributed by atoms with Gasteiger partial charge in [-0.2, -0.15) is 0 Å². The summed E-state index contributed by atoms with van der Waals surface area (Å²) in [5.41, 5.74) is 0.958. The number of halogens is 1. The lowest BCUT2D eigenvalue weighted by Crippen LogP contribution is -2.53. The summed E-state index contributed by atoms with van der Waals surface area (Å²) < 4.78 is 18.6. The maximum absolute atomic E-state index is 13.2. The van der Waals surface area contributed by atoms with Crippen LogP contribution in [-0.4, -0.2) is 75.4 Å². The standard InChI is InChI=1S/C26H27FN2O6/c27-26(34)15-20(16-26)23(31)35-21-3-1-2-19(14-21)17-4-6-18(7-5-17)22(30)28-10-12-29(13-11-28)24(32)25(33)8-9-25/h1-7,14,20,33-34H,8-13,15-16H2. The molecule has 0 radical (unpaired) electrons. The van der Waals surface area contributed by atoms with Gasteiger partial charge in [-0.25, -0.2) is 4.39 Å². The number of esters is 1. The van der Waals surface area contributed by atoms with Gasteiger partial charge in [-0.3, -0.25) is 14.4 Å². The first kappa shape index (κ1) is 23.4. The summed E-state index contributed by atoms with van der Waals surface area (Å²) in [7, 11) is 0. The Bertz CT molecular complexity index is 1140. The maximum Gasteiger partial charge on any atom is 0.314 e. The molecule has 184 valence electrons. The largest absolute Gasteiger partial charge is 0.426 e. The van der Waals surface area contributed by atoms with E-state index < -0.39 is 23.3 Å². The van der Waals surface area contributed by atoms with Crippen molar-refractivity contribution in [3.63, 3.8) is 0 Å². The fraction of sp³-hybridized carbons (Fsp3) is 0.423. The van der Waals surface area contributed by atoms with Gasteiger partial charge in [-0.15, -0.1) is 0 Å². The van der Waals surface area contributed by atoms with E-state index in [-0.39, 0.29) is 24.7 Å². The molecule has 1 aliphatic heterocycles. The second-order valence-corrected chi connectivity index (χ2v) is 9.67. The minimum Gasteiger partial charge on any atom is -0.426 e. The minimum atomic E-state index is -2.28. The molecule has 2 aromatic rings. The van der Waals surface area contributed by atoms with Crippen LogP contribution in [0.5, 0.6) is 5.75 Å². The van der Waals surface area contributed by atoms with Crippen molar-refractivity contribution in [3.8, 4) is 16.9 Å². The van der Waals surface area contributed by atoms with Crippen LogP contribution in [0.25, 0.3) is 11.1 Å². The molecule has 1 saturated heterocycles. The van der Waals surface area contributed by atoms with E-state index in [0.29, 0.717) is 50.3 Å². The summed E-state index contributed by atoms with van der Waals surface area (Å²) in [4.78, 5) is 40.7. The Balaban J connectivity index is 1.18. The topological polar surface area (TPSA) is 107 Å². The number of hydrogen-bond donors (Lipinski definition) is 2. The molecule has 5 rings (SSSR count). The van der Waals surface area contributed by atoms with Gasteiger partial charge in [-0.05, 0) is 48.2 Å². The first-order valence-electron chi connectivity index (χ1n) is 11.8. The predicted octanol–water partition coefficient (Wildman–Crippen LogP) is 2.14. The Labute approximate surface area is 201 Å². The van der Waals surface area contributed by atoms with Gasteiger partial charge in [0.05, 0.1) is 5.92 Å². The Kier molecular flexibility index (Phi) is 5.85. The molecule has 8 nitrogen and oxygen atoms in total. The monoisotopic (exact) mass is 482 g/mol. The van der Waals surface area contributed by atoms with Gasteiger partial charge in [0.25, 0.3) is 11.8 Å². The van der Waals surface area contributed by atoms with E-state index >= 15 is 0 Å². The molecule has 0 bridgehead atoms. The van der Waals surface area contributed by atoms with Gasteiger partial charge in [0.1, 0.15) is 11.4 Å². The average Bonchev–Trinajstić information content (AvgIpc) is 3.60. The molecule has 0 aromatic heterocycles. The van der Waals surface area contributed by atoms with Crippen molar-refractivity contribution in [1.82, 2.24) is 9.80 Å². The highest BCUT2D eigenvalue weighted by molar-refractivity contribution is 5.95. The number of aliphatic hydroxyl groups is 2. The number of piperazine rings is 1. The second kappa shape index (κ2) is 8.73. The maximum atomic E-state index is 13.2. The Morgan fingerprint density at radius 1 is 0.886 bits per heavy atom. The van der Waals surface area contributed by atoms with Crippen molar-refractivity contribution in [1.29, 1.82) is 0 Å². The minimum absolute atomic E-state index is 0.121. The van der Waals surface area contributed by atoms with Crippen molar-refractivity contribution in [2.24, 2.45) is 5.92 Å². The average molecular weight is 483 g/mol. The Morgan fingerprint density at radius 2 is 1.51 bits per heavy atom. The summed E-state index contributed by atoms with van der Waals surface area (Å²) in [6.45, 7) is 1.64. The summed E-state index contributed by atoms with van der Waals surface area (Å²) in [6, 6.07) is 14.0. The van der Waals surface area contributed by atoms with Crippen molar-refractivity contribution >= 4 is 17.8 Å². The molecule has 0 spiro atoms. The number of ether oxygens (including phenoxy) is 1. The first-order chi connectivity index (χ1) is 16.6. The molecule has 1 heterocycles. The highest BCUT2D eigenvalue weighted by Gasteiger charge is 2.50. The van der Waals surface area contributed by atoms with Crippen LogP contribution in [0.3, 0.4) is 0 Å². The van der Waals surface area contributed by atoms with Crippen LogP contribution in [-0.2, 0) is 9.59 Å². The smallest absolute Gasteiger partial charge is 0.314 e.